The van der Waals surface area contributed by atoms with Crippen molar-refractivity contribution in [1.29, 1.82) is 0 Å². The lowest BCUT2D eigenvalue weighted by Crippen LogP contribution is -2.31. The molecule has 0 aliphatic rings. The summed E-state index contributed by atoms with van der Waals surface area (Å²) in [6.07, 6.45) is 0.703. The van der Waals surface area contributed by atoms with Gasteiger partial charge in [-0.05, 0) is 67.8 Å². The minimum atomic E-state index is -3.56. The van der Waals surface area contributed by atoms with Gasteiger partial charge in [0.05, 0.1) is 11.5 Å². The van der Waals surface area contributed by atoms with Gasteiger partial charge in [0, 0.05) is 17.3 Å². The first-order chi connectivity index (χ1) is 13.2. The zero-order chi connectivity index (χ0) is 20.7. The molecule has 0 spiro atoms. The molecule has 1 amide bonds. The van der Waals surface area contributed by atoms with Crippen molar-refractivity contribution < 1.29 is 17.9 Å². The maximum absolute atomic E-state index is 12.4. The van der Waals surface area contributed by atoms with Crippen LogP contribution < -0.4 is 14.8 Å². The third kappa shape index (κ3) is 6.35. The largest absolute Gasteiger partial charge is 0.493 e. The van der Waals surface area contributed by atoms with Crippen LogP contribution in [-0.2, 0) is 10.0 Å². The van der Waals surface area contributed by atoms with Crippen LogP contribution in [0.5, 0.6) is 5.75 Å². The normalized spacial score (nSPS) is 12.6. The van der Waals surface area contributed by atoms with Crippen molar-refractivity contribution in [3.63, 3.8) is 0 Å². The number of hydrogen-bond donors (Lipinski definition) is 2. The van der Waals surface area contributed by atoms with E-state index in [1.54, 1.807) is 36.4 Å². The predicted octanol–water partition coefficient (Wildman–Crippen LogP) is 4.05. The first-order valence-electron chi connectivity index (χ1n) is 9.38. The van der Waals surface area contributed by atoms with E-state index in [2.05, 4.69) is 23.9 Å². The van der Waals surface area contributed by atoms with E-state index in [0.717, 1.165) is 0 Å². The molecule has 1 unspecified atom stereocenters. The van der Waals surface area contributed by atoms with Crippen molar-refractivity contribution in [1.82, 2.24) is 4.72 Å². The van der Waals surface area contributed by atoms with Crippen LogP contribution in [0.2, 0.25) is 0 Å². The predicted molar refractivity (Wildman–Crippen MR) is 111 cm³/mol. The lowest BCUT2D eigenvalue weighted by Gasteiger charge is -2.12. The molecule has 0 saturated carbocycles. The highest BCUT2D eigenvalue weighted by atomic mass is 32.2. The topological polar surface area (TPSA) is 84.5 Å². The number of benzene rings is 2. The van der Waals surface area contributed by atoms with E-state index in [1.165, 1.54) is 12.1 Å². The van der Waals surface area contributed by atoms with E-state index in [0.29, 0.717) is 35.9 Å². The summed E-state index contributed by atoms with van der Waals surface area (Å²) in [6, 6.07) is 12.9. The van der Waals surface area contributed by atoms with E-state index in [9.17, 15) is 13.2 Å². The van der Waals surface area contributed by atoms with Gasteiger partial charge in [-0.2, -0.15) is 0 Å². The maximum Gasteiger partial charge on any atom is 0.255 e. The van der Waals surface area contributed by atoms with Crippen LogP contribution in [0.1, 0.15) is 44.5 Å². The Bertz CT molecular complexity index is 876. The highest BCUT2D eigenvalue weighted by molar-refractivity contribution is 7.89. The Hall–Kier alpha value is -2.38. The maximum atomic E-state index is 12.4. The van der Waals surface area contributed by atoms with Gasteiger partial charge in [0.25, 0.3) is 5.91 Å². The van der Waals surface area contributed by atoms with Crippen molar-refractivity contribution in [3.8, 4) is 5.75 Å². The van der Waals surface area contributed by atoms with Crippen molar-refractivity contribution in [3.05, 3.63) is 54.1 Å². The number of hydrogen-bond acceptors (Lipinski definition) is 4. The molecule has 0 saturated heterocycles. The Labute approximate surface area is 167 Å². The average molecular weight is 405 g/mol. The molecule has 152 valence electrons. The molecule has 0 bridgehead atoms. The second-order valence-electron chi connectivity index (χ2n) is 7.14. The molecule has 0 aliphatic heterocycles. The Morgan fingerprint density at radius 3 is 2.14 bits per heavy atom. The molecule has 0 aliphatic carbocycles. The number of sulfonamides is 1. The zero-order valence-corrected chi connectivity index (χ0v) is 17.5. The molecule has 6 nitrogen and oxygen atoms in total. The van der Waals surface area contributed by atoms with Crippen molar-refractivity contribution in [2.75, 3.05) is 11.9 Å². The second-order valence-corrected chi connectivity index (χ2v) is 8.85. The standard InChI is InChI=1S/C21H28N2O4S/c1-5-16(4)23-28(25,26)20-12-8-18(9-13-20)22-21(24)17-6-10-19(11-7-17)27-14-15(2)3/h6-13,15-16,23H,5,14H2,1-4H3,(H,22,24). The molecule has 2 N–H and O–H groups in total. The average Bonchev–Trinajstić information content (AvgIpc) is 2.66. The number of ether oxygens (including phenoxy) is 1. The highest BCUT2D eigenvalue weighted by Gasteiger charge is 2.16. The Kier molecular flexibility index (Phi) is 7.60. The van der Waals surface area contributed by atoms with E-state index < -0.39 is 10.0 Å². The lowest BCUT2D eigenvalue weighted by molar-refractivity contribution is 0.102. The Balaban J connectivity index is 2.00. The zero-order valence-electron chi connectivity index (χ0n) is 16.7. The molecule has 7 heteroatoms. The van der Waals surface area contributed by atoms with Gasteiger partial charge < -0.3 is 10.1 Å². The number of carbonyl (C=O) groups is 1. The molecule has 1 atom stereocenters. The SMILES string of the molecule is CCC(C)NS(=O)(=O)c1ccc(NC(=O)c2ccc(OCC(C)C)cc2)cc1. The van der Waals surface area contributed by atoms with Crippen LogP contribution in [0.15, 0.2) is 53.4 Å². The lowest BCUT2D eigenvalue weighted by atomic mass is 10.2. The van der Waals surface area contributed by atoms with Crippen molar-refractivity contribution in [2.24, 2.45) is 5.92 Å². The van der Waals surface area contributed by atoms with Crippen LogP contribution in [0.4, 0.5) is 5.69 Å². The summed E-state index contributed by atoms with van der Waals surface area (Å²) < 4.78 is 32.8. The summed E-state index contributed by atoms with van der Waals surface area (Å²) >= 11 is 0. The summed E-state index contributed by atoms with van der Waals surface area (Å²) in [5, 5.41) is 2.76. The third-order valence-electron chi connectivity index (χ3n) is 4.09. The van der Waals surface area contributed by atoms with Crippen LogP contribution in [0, 0.1) is 5.92 Å². The van der Waals surface area contributed by atoms with Gasteiger partial charge in [-0.3, -0.25) is 4.79 Å². The van der Waals surface area contributed by atoms with Crippen molar-refractivity contribution >= 4 is 21.6 Å². The first kappa shape index (κ1) is 21.9. The Morgan fingerprint density at radius 1 is 1.00 bits per heavy atom. The quantitative estimate of drug-likeness (QED) is 0.660. The smallest absolute Gasteiger partial charge is 0.255 e. The van der Waals surface area contributed by atoms with Crippen LogP contribution in [0.25, 0.3) is 0 Å². The fraction of sp³-hybridized carbons (Fsp3) is 0.381. The van der Waals surface area contributed by atoms with Gasteiger partial charge >= 0.3 is 0 Å². The third-order valence-corrected chi connectivity index (χ3v) is 5.70. The highest BCUT2D eigenvalue weighted by Crippen LogP contribution is 2.17. The molecular formula is C21H28N2O4S. The molecule has 0 aromatic heterocycles. The van der Waals surface area contributed by atoms with Crippen LogP contribution in [0.3, 0.4) is 0 Å². The molecule has 2 aromatic carbocycles. The minimum absolute atomic E-state index is 0.142. The molecule has 2 rings (SSSR count). The molecule has 28 heavy (non-hydrogen) atoms. The first-order valence-corrected chi connectivity index (χ1v) is 10.9. The van der Waals surface area contributed by atoms with Crippen molar-refractivity contribution in [2.45, 2.75) is 45.1 Å². The van der Waals surface area contributed by atoms with E-state index in [1.807, 2.05) is 13.8 Å². The van der Waals surface area contributed by atoms with E-state index in [-0.39, 0.29) is 16.8 Å². The summed E-state index contributed by atoms with van der Waals surface area (Å²) in [5.41, 5.74) is 1.01. The Morgan fingerprint density at radius 2 is 1.61 bits per heavy atom. The van der Waals surface area contributed by atoms with Crippen LogP contribution in [-0.4, -0.2) is 27.0 Å². The molecular weight excluding hydrogens is 376 g/mol. The molecule has 2 aromatic rings. The molecule has 0 radical (unpaired) electrons. The fourth-order valence-electron chi connectivity index (χ4n) is 2.30. The van der Waals surface area contributed by atoms with Gasteiger partial charge in [-0.1, -0.05) is 20.8 Å². The van der Waals surface area contributed by atoms with Gasteiger partial charge in [0.15, 0.2) is 0 Å². The summed E-state index contributed by atoms with van der Waals surface area (Å²) in [4.78, 5) is 12.5. The number of anilines is 1. The monoisotopic (exact) mass is 404 g/mol. The van der Waals surface area contributed by atoms with E-state index in [4.69, 9.17) is 4.74 Å². The van der Waals surface area contributed by atoms with Gasteiger partial charge in [0.2, 0.25) is 10.0 Å². The molecule has 0 heterocycles. The fourth-order valence-corrected chi connectivity index (χ4v) is 3.63. The number of carbonyl (C=O) groups excluding carboxylic acids is 1. The molecule has 0 fully saturated rings. The summed E-state index contributed by atoms with van der Waals surface area (Å²) in [5.74, 6) is 0.868. The number of rotatable bonds is 9. The minimum Gasteiger partial charge on any atom is -0.493 e. The van der Waals surface area contributed by atoms with Gasteiger partial charge in [-0.25, -0.2) is 13.1 Å². The van der Waals surface area contributed by atoms with Gasteiger partial charge in [0.1, 0.15) is 5.75 Å². The number of nitrogens with one attached hydrogen (secondary N) is 2. The second kappa shape index (κ2) is 9.71. The number of amides is 1. The summed E-state index contributed by atoms with van der Waals surface area (Å²) in [6.45, 7) is 8.48. The van der Waals surface area contributed by atoms with Crippen LogP contribution >= 0.6 is 0 Å². The summed E-state index contributed by atoms with van der Waals surface area (Å²) in [7, 11) is -3.56. The van der Waals surface area contributed by atoms with Gasteiger partial charge in [-0.15, -0.1) is 0 Å². The van der Waals surface area contributed by atoms with E-state index >= 15 is 0 Å².